The average molecular weight is 261 g/mol. The maximum Gasteiger partial charge on any atom is 0.252 e. The topological polar surface area (TPSA) is 59.2 Å². The summed E-state index contributed by atoms with van der Waals surface area (Å²) in [6.07, 6.45) is 3.17. The lowest BCUT2D eigenvalue weighted by Gasteiger charge is -2.20. The van der Waals surface area contributed by atoms with Gasteiger partial charge in [0.2, 0.25) is 0 Å². The molecule has 2 heterocycles. The molecule has 5 heteroatoms. The Morgan fingerprint density at radius 2 is 2.22 bits per heavy atom. The Labute approximate surface area is 110 Å². The van der Waals surface area contributed by atoms with E-state index in [-0.39, 0.29) is 0 Å². The lowest BCUT2D eigenvalue weighted by molar-refractivity contribution is 0.100. The van der Waals surface area contributed by atoms with Gasteiger partial charge in [0.05, 0.1) is 17.8 Å². The number of primary amides is 1. The number of carbonyl (C=O) groups excluding carboxylic acids is 1. The molecule has 0 saturated heterocycles. The van der Waals surface area contributed by atoms with Crippen molar-refractivity contribution in [2.24, 2.45) is 5.73 Å². The number of amides is 1. The molecule has 1 amide bonds. The van der Waals surface area contributed by atoms with Crippen LogP contribution in [-0.2, 0) is 6.54 Å². The Morgan fingerprint density at radius 3 is 2.83 bits per heavy atom. The first-order valence-electron chi connectivity index (χ1n) is 5.58. The summed E-state index contributed by atoms with van der Waals surface area (Å²) in [6, 6.07) is 6.00. The molecule has 0 aliphatic carbocycles. The number of aromatic nitrogens is 1. The van der Waals surface area contributed by atoms with Gasteiger partial charge in [0.15, 0.2) is 0 Å². The highest BCUT2D eigenvalue weighted by Crippen LogP contribution is 2.22. The molecule has 94 valence electrons. The average Bonchev–Trinajstić information content (AvgIpc) is 2.74. The largest absolute Gasteiger partial charge is 0.369 e. The maximum atomic E-state index is 11.3. The highest BCUT2D eigenvalue weighted by molar-refractivity contribution is 7.11. The standard InChI is InChI=1S/C13H15N3OS/c1-9-3-4-10(18-9)8-16(2)12-5-6-15-7-11(12)13(14)17/h3-7H,8H2,1-2H3,(H2,14,17). The van der Waals surface area contributed by atoms with E-state index in [9.17, 15) is 4.79 Å². The molecule has 0 aliphatic heterocycles. The van der Waals surface area contributed by atoms with E-state index in [1.165, 1.54) is 16.0 Å². The Morgan fingerprint density at radius 1 is 1.44 bits per heavy atom. The van der Waals surface area contributed by atoms with E-state index in [0.29, 0.717) is 5.56 Å². The zero-order valence-corrected chi connectivity index (χ0v) is 11.2. The minimum absolute atomic E-state index is 0.452. The van der Waals surface area contributed by atoms with E-state index in [1.54, 1.807) is 23.6 Å². The summed E-state index contributed by atoms with van der Waals surface area (Å²) in [5.74, 6) is -0.452. The number of nitrogens with two attached hydrogens (primary N) is 1. The molecule has 2 aromatic rings. The summed E-state index contributed by atoms with van der Waals surface area (Å²) in [4.78, 5) is 19.8. The molecular weight excluding hydrogens is 246 g/mol. The number of hydrogen-bond acceptors (Lipinski definition) is 4. The lowest BCUT2D eigenvalue weighted by atomic mass is 10.2. The zero-order valence-electron chi connectivity index (χ0n) is 10.4. The second kappa shape index (κ2) is 5.18. The number of rotatable bonds is 4. The van der Waals surface area contributed by atoms with Crippen molar-refractivity contribution in [3.05, 3.63) is 45.9 Å². The van der Waals surface area contributed by atoms with Crippen LogP contribution in [0.25, 0.3) is 0 Å². The Hall–Kier alpha value is -1.88. The van der Waals surface area contributed by atoms with Crippen molar-refractivity contribution in [2.45, 2.75) is 13.5 Å². The highest BCUT2D eigenvalue weighted by atomic mass is 32.1. The third-order valence-corrected chi connectivity index (χ3v) is 3.65. The molecule has 0 aliphatic rings. The van der Waals surface area contributed by atoms with Gasteiger partial charge in [-0.25, -0.2) is 0 Å². The summed E-state index contributed by atoms with van der Waals surface area (Å²) < 4.78 is 0. The third kappa shape index (κ3) is 2.68. The second-order valence-electron chi connectivity index (χ2n) is 4.13. The Balaban J connectivity index is 2.23. The van der Waals surface area contributed by atoms with Crippen molar-refractivity contribution in [1.82, 2.24) is 4.98 Å². The van der Waals surface area contributed by atoms with Crippen LogP contribution in [0.4, 0.5) is 5.69 Å². The zero-order chi connectivity index (χ0) is 13.1. The van der Waals surface area contributed by atoms with E-state index in [1.807, 2.05) is 11.9 Å². The Bertz CT molecular complexity index is 565. The fraction of sp³-hybridized carbons (Fsp3) is 0.231. The van der Waals surface area contributed by atoms with E-state index < -0.39 is 5.91 Å². The summed E-state index contributed by atoms with van der Waals surface area (Å²) in [5, 5.41) is 0. The summed E-state index contributed by atoms with van der Waals surface area (Å²) in [6.45, 7) is 2.83. The number of carbonyl (C=O) groups is 1. The van der Waals surface area contributed by atoms with Crippen molar-refractivity contribution in [3.8, 4) is 0 Å². The van der Waals surface area contributed by atoms with Crippen molar-refractivity contribution < 1.29 is 4.79 Å². The number of thiophene rings is 1. The van der Waals surface area contributed by atoms with Gasteiger partial charge < -0.3 is 10.6 Å². The molecule has 0 unspecified atom stereocenters. The first kappa shape index (κ1) is 12.6. The number of nitrogens with zero attached hydrogens (tertiary/aromatic N) is 2. The van der Waals surface area contributed by atoms with Gasteiger partial charge >= 0.3 is 0 Å². The number of pyridine rings is 1. The molecule has 2 rings (SSSR count). The summed E-state index contributed by atoms with van der Waals surface area (Å²) in [5.41, 5.74) is 6.61. The molecule has 0 spiro atoms. The smallest absolute Gasteiger partial charge is 0.252 e. The maximum absolute atomic E-state index is 11.3. The molecule has 0 fully saturated rings. The molecule has 0 bridgehead atoms. The van der Waals surface area contributed by atoms with Crippen molar-refractivity contribution in [1.29, 1.82) is 0 Å². The number of aryl methyl sites for hydroxylation is 1. The van der Waals surface area contributed by atoms with Gasteiger partial charge in [0, 0.05) is 29.2 Å². The van der Waals surface area contributed by atoms with Crippen LogP contribution in [0.2, 0.25) is 0 Å². The Kier molecular flexibility index (Phi) is 3.62. The van der Waals surface area contributed by atoms with Gasteiger partial charge in [0.25, 0.3) is 5.91 Å². The van der Waals surface area contributed by atoms with Crippen LogP contribution in [0.5, 0.6) is 0 Å². The van der Waals surface area contributed by atoms with Gasteiger partial charge in [-0.3, -0.25) is 9.78 Å². The SMILES string of the molecule is Cc1ccc(CN(C)c2ccncc2C(N)=O)s1. The predicted molar refractivity (Wildman–Crippen MR) is 73.9 cm³/mol. The number of anilines is 1. The molecule has 18 heavy (non-hydrogen) atoms. The quantitative estimate of drug-likeness (QED) is 0.917. The third-order valence-electron chi connectivity index (χ3n) is 2.66. The first-order chi connectivity index (χ1) is 8.58. The molecule has 4 nitrogen and oxygen atoms in total. The van der Waals surface area contributed by atoms with Crippen LogP contribution in [0.15, 0.2) is 30.6 Å². The van der Waals surface area contributed by atoms with Crippen LogP contribution in [0, 0.1) is 6.92 Å². The van der Waals surface area contributed by atoms with Gasteiger partial charge in [-0.05, 0) is 25.1 Å². The molecule has 2 N–H and O–H groups in total. The van der Waals surface area contributed by atoms with Crippen LogP contribution >= 0.6 is 11.3 Å². The molecule has 0 atom stereocenters. The van der Waals surface area contributed by atoms with Crippen molar-refractivity contribution in [3.63, 3.8) is 0 Å². The van der Waals surface area contributed by atoms with Gasteiger partial charge in [-0.1, -0.05) is 0 Å². The van der Waals surface area contributed by atoms with Crippen LogP contribution < -0.4 is 10.6 Å². The van der Waals surface area contributed by atoms with Crippen molar-refractivity contribution in [2.75, 3.05) is 11.9 Å². The van der Waals surface area contributed by atoms with E-state index in [2.05, 4.69) is 24.0 Å². The van der Waals surface area contributed by atoms with Gasteiger partial charge in [-0.2, -0.15) is 0 Å². The van der Waals surface area contributed by atoms with Crippen LogP contribution in [0.3, 0.4) is 0 Å². The minimum Gasteiger partial charge on any atom is -0.369 e. The van der Waals surface area contributed by atoms with E-state index in [4.69, 9.17) is 5.73 Å². The van der Waals surface area contributed by atoms with Crippen molar-refractivity contribution >= 4 is 22.9 Å². The van der Waals surface area contributed by atoms with Crippen LogP contribution in [-0.4, -0.2) is 17.9 Å². The minimum atomic E-state index is -0.452. The monoisotopic (exact) mass is 261 g/mol. The van der Waals surface area contributed by atoms with Crippen LogP contribution in [0.1, 0.15) is 20.1 Å². The molecule has 0 saturated carbocycles. The van der Waals surface area contributed by atoms with E-state index in [0.717, 1.165) is 12.2 Å². The summed E-state index contributed by atoms with van der Waals surface area (Å²) >= 11 is 1.75. The lowest BCUT2D eigenvalue weighted by Crippen LogP contribution is -2.21. The second-order valence-corrected chi connectivity index (χ2v) is 5.50. The first-order valence-corrected chi connectivity index (χ1v) is 6.40. The molecule has 0 aromatic carbocycles. The fourth-order valence-corrected chi connectivity index (χ4v) is 2.74. The van der Waals surface area contributed by atoms with Gasteiger partial charge in [-0.15, -0.1) is 11.3 Å². The van der Waals surface area contributed by atoms with Gasteiger partial charge in [0.1, 0.15) is 0 Å². The van der Waals surface area contributed by atoms with E-state index >= 15 is 0 Å². The molecular formula is C13H15N3OS. The fourth-order valence-electron chi connectivity index (χ4n) is 1.80. The molecule has 0 radical (unpaired) electrons. The highest BCUT2D eigenvalue weighted by Gasteiger charge is 2.12. The molecule has 2 aromatic heterocycles. The predicted octanol–water partition coefficient (Wildman–Crippen LogP) is 2.19. The number of hydrogen-bond donors (Lipinski definition) is 1. The summed E-state index contributed by atoms with van der Waals surface area (Å²) in [7, 11) is 1.94. The normalized spacial score (nSPS) is 10.3.